The summed E-state index contributed by atoms with van der Waals surface area (Å²) < 4.78 is 0. The Bertz CT molecular complexity index is 580. The van der Waals surface area contributed by atoms with Gasteiger partial charge in [0.05, 0.1) is 4.88 Å². The molecule has 0 bridgehead atoms. The molecule has 5 heteroatoms. The van der Waals surface area contributed by atoms with Crippen molar-refractivity contribution in [2.45, 2.75) is 6.92 Å². The number of likely N-dealkylation sites (N-methyl/N-ethyl adjacent to an activating group) is 1. The summed E-state index contributed by atoms with van der Waals surface area (Å²) in [5.74, 6) is 0.00186. The molecule has 0 aliphatic carbocycles. The number of nitrogens with zero attached hydrogens (tertiary/aromatic N) is 1. The summed E-state index contributed by atoms with van der Waals surface area (Å²) in [5, 5.41) is 5.60. The zero-order valence-corrected chi connectivity index (χ0v) is 13.1. The van der Waals surface area contributed by atoms with Crippen LogP contribution in [0.5, 0.6) is 0 Å². The highest BCUT2D eigenvalue weighted by molar-refractivity contribution is 7.12. The number of anilines is 1. The second kappa shape index (κ2) is 6.77. The molecule has 2 rings (SSSR count). The van der Waals surface area contributed by atoms with Crippen LogP contribution in [0.4, 0.5) is 5.69 Å². The van der Waals surface area contributed by atoms with Gasteiger partial charge in [0.1, 0.15) is 0 Å². The van der Waals surface area contributed by atoms with E-state index >= 15 is 0 Å². The number of rotatable bonds is 5. The lowest BCUT2D eigenvalue weighted by Crippen LogP contribution is -2.32. The van der Waals surface area contributed by atoms with Gasteiger partial charge in [-0.15, -0.1) is 11.3 Å². The van der Waals surface area contributed by atoms with Gasteiger partial charge in [-0.25, -0.2) is 0 Å². The third kappa shape index (κ3) is 3.74. The minimum Gasteiger partial charge on any atom is -0.373 e. The van der Waals surface area contributed by atoms with Crippen LogP contribution in [0.3, 0.4) is 0 Å². The predicted octanol–water partition coefficient (Wildman–Crippen LogP) is 3.58. The molecule has 106 valence electrons. The van der Waals surface area contributed by atoms with E-state index in [1.807, 2.05) is 49.7 Å². The van der Waals surface area contributed by atoms with E-state index in [0.717, 1.165) is 27.7 Å². The minimum absolute atomic E-state index is 0.00186. The maximum absolute atomic E-state index is 12.0. The molecule has 1 heterocycles. The predicted molar refractivity (Wildman–Crippen MR) is 86.1 cm³/mol. The molecule has 0 radical (unpaired) electrons. The highest BCUT2D eigenvalue weighted by atomic mass is 35.5. The van der Waals surface area contributed by atoms with Gasteiger partial charge in [0.2, 0.25) is 0 Å². The van der Waals surface area contributed by atoms with Gasteiger partial charge in [0.25, 0.3) is 5.91 Å². The molecule has 20 heavy (non-hydrogen) atoms. The maximum Gasteiger partial charge on any atom is 0.261 e. The highest BCUT2D eigenvalue weighted by Crippen LogP contribution is 2.17. The molecule has 0 unspecified atom stereocenters. The van der Waals surface area contributed by atoms with E-state index in [9.17, 15) is 4.79 Å². The van der Waals surface area contributed by atoms with Crippen molar-refractivity contribution >= 4 is 34.5 Å². The Labute approximate surface area is 128 Å². The van der Waals surface area contributed by atoms with Gasteiger partial charge >= 0.3 is 0 Å². The van der Waals surface area contributed by atoms with Crippen LogP contribution in [0.1, 0.15) is 15.2 Å². The van der Waals surface area contributed by atoms with Gasteiger partial charge in [-0.3, -0.25) is 4.79 Å². The lowest BCUT2D eigenvalue weighted by molar-refractivity contribution is 0.0958. The number of thiophene rings is 1. The van der Waals surface area contributed by atoms with Crippen molar-refractivity contribution in [3.8, 4) is 0 Å². The number of nitrogens with one attached hydrogen (secondary N) is 1. The van der Waals surface area contributed by atoms with Crippen molar-refractivity contribution in [1.29, 1.82) is 0 Å². The quantitative estimate of drug-likeness (QED) is 0.915. The van der Waals surface area contributed by atoms with Crippen molar-refractivity contribution in [3.63, 3.8) is 0 Å². The maximum atomic E-state index is 12.0. The third-order valence-electron chi connectivity index (χ3n) is 3.07. The molecule has 2 aromatic rings. The van der Waals surface area contributed by atoms with E-state index < -0.39 is 0 Å². The van der Waals surface area contributed by atoms with Gasteiger partial charge < -0.3 is 10.2 Å². The first-order chi connectivity index (χ1) is 9.58. The van der Waals surface area contributed by atoms with Crippen LogP contribution in [0.25, 0.3) is 0 Å². The van der Waals surface area contributed by atoms with Crippen LogP contribution in [0.2, 0.25) is 5.02 Å². The normalized spacial score (nSPS) is 10.3. The first-order valence-electron chi connectivity index (χ1n) is 6.37. The van der Waals surface area contributed by atoms with Gasteiger partial charge in [-0.1, -0.05) is 11.6 Å². The Morgan fingerprint density at radius 3 is 2.60 bits per heavy atom. The summed E-state index contributed by atoms with van der Waals surface area (Å²) >= 11 is 7.33. The second-order valence-corrected chi connectivity index (χ2v) is 5.94. The molecule has 1 aromatic carbocycles. The topological polar surface area (TPSA) is 32.3 Å². The molecule has 1 N–H and O–H groups in total. The van der Waals surface area contributed by atoms with Crippen LogP contribution in [-0.2, 0) is 0 Å². The third-order valence-corrected chi connectivity index (χ3v) is 4.34. The summed E-state index contributed by atoms with van der Waals surface area (Å²) in [6.07, 6.45) is 0. The first kappa shape index (κ1) is 14.9. The minimum atomic E-state index is 0.00186. The molecular weight excluding hydrogens is 292 g/mol. The van der Waals surface area contributed by atoms with Crippen LogP contribution in [0.15, 0.2) is 35.7 Å². The molecule has 0 aliphatic heterocycles. The van der Waals surface area contributed by atoms with Crippen LogP contribution in [0, 0.1) is 6.92 Å². The second-order valence-electron chi connectivity index (χ2n) is 4.59. The molecule has 0 atom stereocenters. The molecule has 0 saturated carbocycles. The van der Waals surface area contributed by atoms with Crippen molar-refractivity contribution in [1.82, 2.24) is 5.32 Å². The largest absolute Gasteiger partial charge is 0.373 e. The van der Waals surface area contributed by atoms with Crippen molar-refractivity contribution in [2.24, 2.45) is 0 Å². The number of hydrogen-bond donors (Lipinski definition) is 1. The van der Waals surface area contributed by atoms with Gasteiger partial charge in [0.15, 0.2) is 0 Å². The number of halogens is 1. The molecule has 1 aromatic heterocycles. The van der Waals surface area contributed by atoms with Gasteiger partial charge in [-0.05, 0) is 48.2 Å². The molecule has 0 aliphatic rings. The molecule has 0 spiro atoms. The van der Waals surface area contributed by atoms with Crippen molar-refractivity contribution in [3.05, 3.63) is 51.2 Å². The van der Waals surface area contributed by atoms with Gasteiger partial charge in [-0.2, -0.15) is 0 Å². The fraction of sp³-hybridized carbons (Fsp3) is 0.267. The fourth-order valence-electron chi connectivity index (χ4n) is 1.85. The Morgan fingerprint density at radius 2 is 2.00 bits per heavy atom. The van der Waals surface area contributed by atoms with E-state index in [4.69, 9.17) is 11.6 Å². The number of carbonyl (C=O) groups is 1. The number of aryl methyl sites for hydroxylation is 1. The lowest BCUT2D eigenvalue weighted by Gasteiger charge is -2.19. The number of hydrogen-bond acceptors (Lipinski definition) is 3. The lowest BCUT2D eigenvalue weighted by atomic mass is 10.3. The number of benzene rings is 1. The summed E-state index contributed by atoms with van der Waals surface area (Å²) in [6.45, 7) is 3.30. The summed E-state index contributed by atoms with van der Waals surface area (Å²) in [7, 11) is 1.99. The molecular formula is C15H17ClN2OS. The zero-order chi connectivity index (χ0) is 14.5. The fourth-order valence-corrected chi connectivity index (χ4v) is 2.81. The van der Waals surface area contributed by atoms with E-state index in [1.54, 1.807) is 0 Å². The highest BCUT2D eigenvalue weighted by Gasteiger charge is 2.09. The standard InChI is InChI=1S/C15H17ClN2OS/c1-11-7-10-20-14(11)15(19)17-8-9-18(2)13-5-3-12(16)4-6-13/h3-7,10H,8-9H2,1-2H3,(H,17,19). The first-order valence-corrected chi connectivity index (χ1v) is 7.62. The Balaban J connectivity index is 1.82. The zero-order valence-electron chi connectivity index (χ0n) is 11.5. The number of amides is 1. The van der Waals surface area contributed by atoms with Crippen molar-refractivity contribution in [2.75, 3.05) is 25.0 Å². The van der Waals surface area contributed by atoms with E-state index in [-0.39, 0.29) is 5.91 Å². The van der Waals surface area contributed by atoms with Crippen LogP contribution in [-0.4, -0.2) is 26.0 Å². The molecule has 3 nitrogen and oxygen atoms in total. The summed E-state index contributed by atoms with van der Waals surface area (Å²) in [6, 6.07) is 9.61. The SMILES string of the molecule is Cc1ccsc1C(=O)NCCN(C)c1ccc(Cl)cc1. The van der Waals surface area contributed by atoms with Crippen LogP contribution < -0.4 is 10.2 Å². The van der Waals surface area contributed by atoms with Crippen LogP contribution >= 0.6 is 22.9 Å². The summed E-state index contributed by atoms with van der Waals surface area (Å²) in [4.78, 5) is 14.8. The molecule has 0 saturated heterocycles. The molecule has 1 amide bonds. The Morgan fingerprint density at radius 1 is 1.30 bits per heavy atom. The average Bonchev–Trinajstić information content (AvgIpc) is 2.85. The number of carbonyl (C=O) groups excluding carboxylic acids is 1. The smallest absolute Gasteiger partial charge is 0.261 e. The Kier molecular flexibility index (Phi) is 5.04. The van der Waals surface area contributed by atoms with E-state index in [2.05, 4.69) is 10.2 Å². The van der Waals surface area contributed by atoms with Crippen molar-refractivity contribution < 1.29 is 4.79 Å². The average molecular weight is 309 g/mol. The van der Waals surface area contributed by atoms with E-state index in [1.165, 1.54) is 11.3 Å². The molecule has 0 fully saturated rings. The Hall–Kier alpha value is -1.52. The monoisotopic (exact) mass is 308 g/mol. The van der Waals surface area contributed by atoms with E-state index in [0.29, 0.717) is 6.54 Å². The van der Waals surface area contributed by atoms with Gasteiger partial charge in [0, 0.05) is 30.8 Å². The summed E-state index contributed by atoms with van der Waals surface area (Å²) in [5.41, 5.74) is 2.11.